The van der Waals surface area contributed by atoms with E-state index in [0.29, 0.717) is 14.9 Å². The van der Waals surface area contributed by atoms with Crippen LogP contribution in [0.25, 0.3) is 0 Å². The van der Waals surface area contributed by atoms with Crippen LogP contribution in [0, 0.1) is 0 Å². The molecule has 1 aromatic carbocycles. The van der Waals surface area contributed by atoms with E-state index in [9.17, 15) is 13.2 Å². The van der Waals surface area contributed by atoms with E-state index in [1.165, 1.54) is 23.5 Å². The van der Waals surface area contributed by atoms with E-state index in [0.717, 1.165) is 0 Å². The van der Waals surface area contributed by atoms with E-state index in [2.05, 4.69) is 10.0 Å². The second-order valence-electron chi connectivity index (χ2n) is 4.86. The van der Waals surface area contributed by atoms with Gasteiger partial charge in [-0.1, -0.05) is 11.6 Å². The summed E-state index contributed by atoms with van der Waals surface area (Å²) in [5.41, 5.74) is 0.512. The van der Waals surface area contributed by atoms with Crippen molar-refractivity contribution in [2.24, 2.45) is 0 Å². The number of hydrogen-bond donors (Lipinski definition) is 2. The van der Waals surface area contributed by atoms with E-state index in [4.69, 9.17) is 11.6 Å². The van der Waals surface area contributed by atoms with Crippen molar-refractivity contribution >= 4 is 44.6 Å². The highest BCUT2D eigenvalue weighted by molar-refractivity contribution is 7.89. The van der Waals surface area contributed by atoms with E-state index in [-0.39, 0.29) is 16.8 Å². The van der Waals surface area contributed by atoms with Crippen LogP contribution >= 0.6 is 22.9 Å². The third-order valence-corrected chi connectivity index (χ3v) is 5.51. The Bertz CT molecular complexity index is 768. The summed E-state index contributed by atoms with van der Waals surface area (Å²) in [6, 6.07) is 9.07. The van der Waals surface area contributed by atoms with Gasteiger partial charge in [-0.2, -0.15) is 0 Å². The molecule has 0 saturated heterocycles. The van der Waals surface area contributed by atoms with Crippen LogP contribution in [0.3, 0.4) is 0 Å². The Balaban J connectivity index is 2.11. The Kier molecular flexibility index (Phi) is 5.23. The topological polar surface area (TPSA) is 75.3 Å². The highest BCUT2D eigenvalue weighted by Gasteiger charge is 2.15. The molecular formula is C14H15ClN2O3S2. The average Bonchev–Trinajstić information content (AvgIpc) is 2.85. The van der Waals surface area contributed by atoms with Crippen molar-refractivity contribution < 1.29 is 13.2 Å². The third-order valence-electron chi connectivity index (χ3n) is 2.61. The first-order chi connectivity index (χ1) is 10.3. The van der Waals surface area contributed by atoms with Crippen LogP contribution in [0.15, 0.2) is 41.3 Å². The van der Waals surface area contributed by atoms with Gasteiger partial charge in [-0.3, -0.25) is 4.79 Å². The lowest BCUT2D eigenvalue weighted by Crippen LogP contribution is -2.30. The van der Waals surface area contributed by atoms with Crippen LogP contribution in [0.5, 0.6) is 0 Å². The quantitative estimate of drug-likeness (QED) is 0.860. The van der Waals surface area contributed by atoms with Gasteiger partial charge in [-0.05, 0) is 50.2 Å². The van der Waals surface area contributed by atoms with Crippen LogP contribution in [-0.4, -0.2) is 20.4 Å². The maximum Gasteiger partial charge on any atom is 0.265 e. The zero-order valence-corrected chi connectivity index (χ0v) is 14.3. The smallest absolute Gasteiger partial charge is 0.265 e. The number of benzene rings is 1. The Morgan fingerprint density at radius 3 is 2.27 bits per heavy atom. The normalized spacial score (nSPS) is 11.6. The fourth-order valence-electron chi connectivity index (χ4n) is 1.72. The lowest BCUT2D eigenvalue weighted by Gasteiger charge is -2.10. The largest absolute Gasteiger partial charge is 0.321 e. The third kappa shape index (κ3) is 4.30. The van der Waals surface area contributed by atoms with Crippen molar-refractivity contribution in [2.75, 3.05) is 5.32 Å². The number of nitrogens with one attached hydrogen (secondary N) is 2. The Hall–Kier alpha value is -1.41. The summed E-state index contributed by atoms with van der Waals surface area (Å²) in [7, 11) is -3.53. The number of carbonyl (C=O) groups is 1. The number of rotatable bonds is 5. The molecule has 0 saturated carbocycles. The first kappa shape index (κ1) is 17.0. The molecule has 5 nitrogen and oxygen atoms in total. The molecule has 0 aliphatic carbocycles. The Labute approximate surface area is 138 Å². The van der Waals surface area contributed by atoms with Crippen LogP contribution in [0.2, 0.25) is 4.34 Å². The molecule has 118 valence electrons. The highest BCUT2D eigenvalue weighted by atomic mass is 35.5. The van der Waals surface area contributed by atoms with E-state index in [1.807, 2.05) is 0 Å². The van der Waals surface area contributed by atoms with E-state index in [1.54, 1.807) is 38.1 Å². The molecule has 1 heterocycles. The molecule has 2 N–H and O–H groups in total. The van der Waals surface area contributed by atoms with Gasteiger partial charge in [-0.15, -0.1) is 11.3 Å². The van der Waals surface area contributed by atoms with Gasteiger partial charge in [0.2, 0.25) is 10.0 Å². The van der Waals surface area contributed by atoms with Crippen molar-refractivity contribution in [3.8, 4) is 0 Å². The van der Waals surface area contributed by atoms with Gasteiger partial charge < -0.3 is 5.32 Å². The van der Waals surface area contributed by atoms with Gasteiger partial charge >= 0.3 is 0 Å². The van der Waals surface area contributed by atoms with E-state index >= 15 is 0 Å². The summed E-state index contributed by atoms with van der Waals surface area (Å²) in [6.07, 6.45) is 0. The van der Waals surface area contributed by atoms with Crippen molar-refractivity contribution in [1.82, 2.24) is 4.72 Å². The van der Waals surface area contributed by atoms with Crippen molar-refractivity contribution in [3.05, 3.63) is 45.6 Å². The van der Waals surface area contributed by atoms with Gasteiger partial charge in [0.15, 0.2) is 0 Å². The van der Waals surface area contributed by atoms with Crippen molar-refractivity contribution in [3.63, 3.8) is 0 Å². The molecule has 1 aromatic heterocycles. The number of thiophene rings is 1. The minimum atomic E-state index is -3.53. The molecule has 0 aliphatic heterocycles. The van der Waals surface area contributed by atoms with Crippen LogP contribution in [0.1, 0.15) is 23.5 Å². The molecule has 0 radical (unpaired) electrons. The van der Waals surface area contributed by atoms with Crippen molar-refractivity contribution in [1.29, 1.82) is 0 Å². The summed E-state index contributed by atoms with van der Waals surface area (Å²) in [6.45, 7) is 3.50. The number of anilines is 1. The van der Waals surface area contributed by atoms with Gasteiger partial charge in [0.1, 0.15) is 0 Å². The summed E-state index contributed by atoms with van der Waals surface area (Å²) < 4.78 is 27.0. The molecule has 0 spiro atoms. The molecule has 22 heavy (non-hydrogen) atoms. The molecule has 0 fully saturated rings. The highest BCUT2D eigenvalue weighted by Crippen LogP contribution is 2.22. The number of sulfonamides is 1. The molecule has 1 amide bonds. The van der Waals surface area contributed by atoms with Crippen molar-refractivity contribution in [2.45, 2.75) is 24.8 Å². The Morgan fingerprint density at radius 2 is 1.77 bits per heavy atom. The molecule has 2 rings (SSSR count). The number of hydrogen-bond acceptors (Lipinski definition) is 4. The second-order valence-corrected chi connectivity index (χ2v) is 8.29. The fraction of sp³-hybridized carbons (Fsp3) is 0.214. The van der Waals surface area contributed by atoms with Gasteiger partial charge in [0, 0.05) is 11.7 Å². The summed E-state index contributed by atoms with van der Waals surface area (Å²) in [5.74, 6) is -0.284. The first-order valence-corrected chi connectivity index (χ1v) is 9.15. The maximum atomic E-state index is 12.0. The lowest BCUT2D eigenvalue weighted by molar-refractivity contribution is 0.103. The predicted molar refractivity (Wildman–Crippen MR) is 89.2 cm³/mol. The molecule has 0 unspecified atom stereocenters. The van der Waals surface area contributed by atoms with Crippen LogP contribution in [0.4, 0.5) is 5.69 Å². The minimum Gasteiger partial charge on any atom is -0.321 e. The second kappa shape index (κ2) is 6.78. The molecule has 0 bridgehead atoms. The summed E-state index contributed by atoms with van der Waals surface area (Å²) in [5, 5.41) is 2.69. The number of amides is 1. The van der Waals surface area contributed by atoms with E-state index < -0.39 is 10.0 Å². The van der Waals surface area contributed by atoms with Gasteiger partial charge in [0.05, 0.1) is 14.1 Å². The number of halogens is 1. The summed E-state index contributed by atoms with van der Waals surface area (Å²) in [4.78, 5) is 12.6. The molecule has 8 heteroatoms. The van der Waals surface area contributed by atoms with Crippen LogP contribution < -0.4 is 10.0 Å². The SMILES string of the molecule is CC(C)NS(=O)(=O)c1ccc(NC(=O)c2ccc(Cl)s2)cc1. The zero-order valence-electron chi connectivity index (χ0n) is 12.0. The van der Waals surface area contributed by atoms with Gasteiger partial charge in [-0.25, -0.2) is 13.1 Å². The first-order valence-electron chi connectivity index (χ1n) is 6.47. The van der Waals surface area contributed by atoms with Crippen LogP contribution in [-0.2, 0) is 10.0 Å². The average molecular weight is 359 g/mol. The predicted octanol–water partition coefficient (Wildman–Crippen LogP) is 3.34. The molecule has 2 aromatic rings. The van der Waals surface area contributed by atoms with Gasteiger partial charge in [0.25, 0.3) is 5.91 Å². The maximum absolute atomic E-state index is 12.0. The minimum absolute atomic E-state index is 0.151. The standard InChI is InChI=1S/C14H15ClN2O3S2/c1-9(2)17-22(19,20)11-5-3-10(4-6-11)16-14(18)12-7-8-13(15)21-12/h3-9,17H,1-2H3,(H,16,18). The molecule has 0 aliphatic rings. The fourth-order valence-corrected chi connectivity index (χ4v) is 3.91. The lowest BCUT2D eigenvalue weighted by atomic mass is 10.3. The number of carbonyl (C=O) groups excluding carboxylic acids is 1. The monoisotopic (exact) mass is 358 g/mol. The molecular weight excluding hydrogens is 344 g/mol. The zero-order chi connectivity index (χ0) is 16.3. The molecule has 0 atom stereocenters. The Morgan fingerprint density at radius 1 is 1.14 bits per heavy atom. The summed E-state index contributed by atoms with van der Waals surface area (Å²) >= 11 is 6.96.